The summed E-state index contributed by atoms with van der Waals surface area (Å²) < 4.78 is 10.4. The molecule has 0 spiro atoms. The summed E-state index contributed by atoms with van der Waals surface area (Å²) in [7, 11) is 3.04. The van der Waals surface area contributed by atoms with E-state index in [4.69, 9.17) is 21.1 Å². The third-order valence-electron chi connectivity index (χ3n) is 3.59. The maximum Gasteiger partial charge on any atom is 0.203 e. The normalized spacial score (nSPS) is 19.2. The fourth-order valence-electron chi connectivity index (χ4n) is 2.56. The second-order valence-corrected chi connectivity index (χ2v) is 5.24. The van der Waals surface area contributed by atoms with E-state index in [0.717, 1.165) is 37.9 Å². The van der Waals surface area contributed by atoms with Crippen LogP contribution in [0.25, 0.3) is 0 Å². The van der Waals surface area contributed by atoms with Crippen molar-refractivity contribution in [1.29, 1.82) is 0 Å². The molecular weight excluding hydrogens is 266 g/mol. The van der Waals surface area contributed by atoms with E-state index >= 15 is 0 Å². The summed E-state index contributed by atoms with van der Waals surface area (Å²) >= 11 is 6.25. The van der Waals surface area contributed by atoms with Crippen LogP contribution in [0.3, 0.4) is 0 Å². The van der Waals surface area contributed by atoms with Gasteiger partial charge in [0.05, 0.1) is 19.2 Å². The fourth-order valence-corrected chi connectivity index (χ4v) is 2.83. The average Bonchev–Trinajstić information content (AvgIpc) is 2.44. The Balaban J connectivity index is 2.28. The Kier molecular flexibility index (Phi) is 4.77. The SMILES string of the molecule is COc1cc(Cl)c(CC2CCCNC2)c(O)c1OC. The summed E-state index contributed by atoms with van der Waals surface area (Å²) in [5.41, 5.74) is 0.744. The van der Waals surface area contributed by atoms with Crippen molar-refractivity contribution >= 4 is 11.6 Å². The molecule has 2 rings (SSSR count). The smallest absolute Gasteiger partial charge is 0.203 e. The molecule has 0 bridgehead atoms. The summed E-state index contributed by atoms with van der Waals surface area (Å²) in [4.78, 5) is 0. The van der Waals surface area contributed by atoms with Crippen LogP contribution in [-0.4, -0.2) is 32.4 Å². The summed E-state index contributed by atoms with van der Waals surface area (Å²) in [6, 6.07) is 1.70. The number of rotatable bonds is 4. The number of hydrogen-bond donors (Lipinski definition) is 2. The first-order valence-corrected chi connectivity index (χ1v) is 6.88. The fraction of sp³-hybridized carbons (Fsp3) is 0.571. The average molecular weight is 286 g/mol. The summed E-state index contributed by atoms with van der Waals surface area (Å²) in [5.74, 6) is 1.40. The van der Waals surface area contributed by atoms with Crippen molar-refractivity contribution in [3.63, 3.8) is 0 Å². The molecule has 1 unspecified atom stereocenters. The lowest BCUT2D eigenvalue weighted by Crippen LogP contribution is -2.30. The minimum atomic E-state index is 0.0948. The third-order valence-corrected chi connectivity index (χ3v) is 3.92. The lowest BCUT2D eigenvalue weighted by molar-refractivity contribution is 0.326. The van der Waals surface area contributed by atoms with Crippen LogP contribution in [0.2, 0.25) is 5.02 Å². The summed E-state index contributed by atoms with van der Waals surface area (Å²) in [6.07, 6.45) is 3.06. The van der Waals surface area contributed by atoms with Gasteiger partial charge in [0, 0.05) is 11.6 Å². The molecule has 1 fully saturated rings. The molecule has 1 aromatic carbocycles. The van der Waals surface area contributed by atoms with Gasteiger partial charge in [-0.05, 0) is 38.3 Å². The van der Waals surface area contributed by atoms with Crippen LogP contribution < -0.4 is 14.8 Å². The monoisotopic (exact) mass is 285 g/mol. The van der Waals surface area contributed by atoms with E-state index in [1.165, 1.54) is 14.2 Å². The molecule has 4 nitrogen and oxygen atoms in total. The van der Waals surface area contributed by atoms with Crippen LogP contribution in [-0.2, 0) is 6.42 Å². The van der Waals surface area contributed by atoms with Crippen molar-refractivity contribution in [1.82, 2.24) is 5.32 Å². The van der Waals surface area contributed by atoms with Gasteiger partial charge < -0.3 is 19.9 Å². The van der Waals surface area contributed by atoms with Crippen LogP contribution in [0.1, 0.15) is 18.4 Å². The van der Waals surface area contributed by atoms with Crippen LogP contribution in [0, 0.1) is 5.92 Å². The Morgan fingerprint density at radius 1 is 1.42 bits per heavy atom. The number of piperidine rings is 1. The van der Waals surface area contributed by atoms with Gasteiger partial charge in [-0.3, -0.25) is 0 Å². The highest BCUT2D eigenvalue weighted by atomic mass is 35.5. The van der Waals surface area contributed by atoms with Gasteiger partial charge in [-0.2, -0.15) is 0 Å². The number of benzene rings is 1. The van der Waals surface area contributed by atoms with Gasteiger partial charge in [0.2, 0.25) is 5.75 Å². The molecule has 1 aliphatic heterocycles. The molecule has 1 heterocycles. The van der Waals surface area contributed by atoms with E-state index < -0.39 is 0 Å². The van der Waals surface area contributed by atoms with Crippen LogP contribution in [0.15, 0.2) is 6.07 Å². The molecule has 1 aromatic rings. The van der Waals surface area contributed by atoms with Crippen LogP contribution in [0.4, 0.5) is 0 Å². The first kappa shape index (κ1) is 14.3. The van der Waals surface area contributed by atoms with Gasteiger partial charge >= 0.3 is 0 Å². The number of phenols is 1. The van der Waals surface area contributed by atoms with E-state index in [2.05, 4.69) is 5.32 Å². The highest BCUT2D eigenvalue weighted by Gasteiger charge is 2.22. The molecule has 1 aliphatic rings. The molecule has 1 saturated heterocycles. The quantitative estimate of drug-likeness (QED) is 0.893. The van der Waals surface area contributed by atoms with Gasteiger partial charge in [-0.15, -0.1) is 0 Å². The van der Waals surface area contributed by atoms with E-state index in [9.17, 15) is 5.11 Å². The maximum absolute atomic E-state index is 10.3. The second kappa shape index (κ2) is 6.35. The van der Waals surface area contributed by atoms with Crippen molar-refractivity contribution in [2.45, 2.75) is 19.3 Å². The van der Waals surface area contributed by atoms with E-state index in [1.54, 1.807) is 6.07 Å². The van der Waals surface area contributed by atoms with Crippen molar-refractivity contribution < 1.29 is 14.6 Å². The molecule has 5 heteroatoms. The predicted molar refractivity (Wildman–Crippen MR) is 75.5 cm³/mol. The van der Waals surface area contributed by atoms with Crippen LogP contribution in [0.5, 0.6) is 17.2 Å². The lowest BCUT2D eigenvalue weighted by atomic mass is 9.91. The minimum Gasteiger partial charge on any atom is -0.504 e. The Hall–Kier alpha value is -1.13. The number of aromatic hydroxyl groups is 1. The highest BCUT2D eigenvalue weighted by Crippen LogP contribution is 2.44. The zero-order valence-corrected chi connectivity index (χ0v) is 12.1. The topological polar surface area (TPSA) is 50.7 Å². The Labute approximate surface area is 118 Å². The van der Waals surface area contributed by atoms with Gasteiger partial charge in [0.1, 0.15) is 0 Å². The largest absolute Gasteiger partial charge is 0.504 e. The standard InChI is InChI=1S/C14H20ClNO3/c1-18-12-7-11(15)10(13(17)14(12)19-2)6-9-4-3-5-16-8-9/h7,9,16-17H,3-6,8H2,1-2H3. The molecule has 0 saturated carbocycles. The number of phenolic OH excluding ortho intramolecular Hbond substituents is 1. The Morgan fingerprint density at radius 3 is 2.79 bits per heavy atom. The molecule has 0 aromatic heterocycles. The predicted octanol–water partition coefficient (Wildman–Crippen LogP) is 2.60. The number of hydrogen-bond acceptors (Lipinski definition) is 4. The first-order chi connectivity index (χ1) is 9.17. The van der Waals surface area contributed by atoms with E-state index in [-0.39, 0.29) is 5.75 Å². The van der Waals surface area contributed by atoms with Gasteiger partial charge in [0.15, 0.2) is 11.5 Å². The molecule has 106 valence electrons. The molecule has 0 amide bonds. The molecule has 0 radical (unpaired) electrons. The second-order valence-electron chi connectivity index (χ2n) is 4.84. The van der Waals surface area contributed by atoms with Crippen molar-refractivity contribution in [3.8, 4) is 17.2 Å². The molecule has 1 atom stereocenters. The van der Waals surface area contributed by atoms with Gasteiger partial charge in [-0.25, -0.2) is 0 Å². The van der Waals surface area contributed by atoms with Crippen molar-refractivity contribution in [2.75, 3.05) is 27.3 Å². The van der Waals surface area contributed by atoms with Crippen LogP contribution >= 0.6 is 11.6 Å². The van der Waals surface area contributed by atoms with E-state index in [0.29, 0.717) is 22.4 Å². The highest BCUT2D eigenvalue weighted by molar-refractivity contribution is 6.31. The number of ether oxygens (including phenoxy) is 2. The molecule has 0 aliphatic carbocycles. The first-order valence-electron chi connectivity index (χ1n) is 6.50. The summed E-state index contributed by atoms with van der Waals surface area (Å²) in [6.45, 7) is 2.03. The number of nitrogens with one attached hydrogen (secondary N) is 1. The van der Waals surface area contributed by atoms with Gasteiger partial charge in [0.25, 0.3) is 0 Å². The lowest BCUT2D eigenvalue weighted by Gasteiger charge is -2.24. The molecular formula is C14H20ClNO3. The number of methoxy groups -OCH3 is 2. The number of halogens is 1. The Morgan fingerprint density at radius 2 is 2.21 bits per heavy atom. The van der Waals surface area contributed by atoms with Crippen molar-refractivity contribution in [2.24, 2.45) is 5.92 Å². The third kappa shape index (κ3) is 3.07. The van der Waals surface area contributed by atoms with Crippen molar-refractivity contribution in [3.05, 3.63) is 16.7 Å². The summed E-state index contributed by atoms with van der Waals surface area (Å²) in [5, 5.41) is 14.2. The van der Waals surface area contributed by atoms with Gasteiger partial charge in [-0.1, -0.05) is 11.6 Å². The van der Waals surface area contributed by atoms with E-state index in [1.807, 2.05) is 0 Å². The zero-order valence-electron chi connectivity index (χ0n) is 11.3. The molecule has 2 N–H and O–H groups in total. The zero-order chi connectivity index (χ0) is 13.8. The Bertz CT molecular complexity index is 445. The molecule has 19 heavy (non-hydrogen) atoms. The minimum absolute atomic E-state index is 0.0948. The maximum atomic E-state index is 10.3.